The first-order valence-corrected chi connectivity index (χ1v) is 19.6. The van der Waals surface area contributed by atoms with E-state index in [4.69, 9.17) is 16.3 Å². The lowest BCUT2D eigenvalue weighted by Crippen LogP contribution is -2.52. The molecule has 4 atom stereocenters. The Balaban J connectivity index is 1.35. The third-order valence-corrected chi connectivity index (χ3v) is 13.3. The summed E-state index contributed by atoms with van der Waals surface area (Å²) in [5.41, 5.74) is 0.312. The van der Waals surface area contributed by atoms with Crippen molar-refractivity contribution in [2.24, 2.45) is 5.92 Å². The van der Waals surface area contributed by atoms with E-state index in [-0.39, 0.29) is 23.5 Å². The molecule has 13 heteroatoms. The molecule has 2 heterocycles. The van der Waals surface area contributed by atoms with Crippen LogP contribution in [0.2, 0.25) is 5.02 Å². The number of benzene rings is 3. The second-order valence-corrected chi connectivity index (χ2v) is 18.4. The zero-order valence-electron chi connectivity index (χ0n) is 28.5. The lowest BCUT2D eigenvalue weighted by molar-refractivity contribution is -0.119. The summed E-state index contributed by atoms with van der Waals surface area (Å²) in [6.45, 7) is 5.60. The topological polar surface area (TPSA) is 124 Å². The quantitative estimate of drug-likeness (QED) is 0.151. The number of hydrogen-bond acceptors (Lipinski definition) is 7. The van der Waals surface area contributed by atoms with Crippen molar-refractivity contribution in [3.8, 4) is 0 Å². The molecule has 4 aromatic rings. The Morgan fingerprint density at radius 3 is 2.42 bits per heavy atom. The van der Waals surface area contributed by atoms with Crippen molar-refractivity contribution < 1.29 is 26.9 Å². The molecule has 1 aliphatic carbocycles. The number of fused-ring (bicyclic) bond motifs is 1. The molecule has 2 aliphatic rings. The van der Waals surface area contributed by atoms with Gasteiger partial charge in [-0.2, -0.15) is 4.31 Å². The van der Waals surface area contributed by atoms with Crippen LogP contribution in [0.3, 0.4) is 0 Å². The van der Waals surface area contributed by atoms with Gasteiger partial charge in [0.05, 0.1) is 16.7 Å². The number of pyridine rings is 1. The van der Waals surface area contributed by atoms with E-state index < -0.39 is 55.5 Å². The summed E-state index contributed by atoms with van der Waals surface area (Å²) in [7, 11) is -2.70. The van der Waals surface area contributed by atoms with Gasteiger partial charge in [-0.25, -0.2) is 12.8 Å². The Hall–Kier alpha value is -3.10. The van der Waals surface area contributed by atoms with Crippen LogP contribution in [0.15, 0.2) is 84.0 Å². The molecule has 0 bridgehead atoms. The average Bonchev–Trinajstić information content (AvgIpc) is 3.82. The van der Waals surface area contributed by atoms with Gasteiger partial charge in [0, 0.05) is 48.9 Å². The molecule has 3 aromatic carbocycles. The summed E-state index contributed by atoms with van der Waals surface area (Å²) in [4.78, 5) is 18.2. The first-order chi connectivity index (χ1) is 23.7. The molecule has 0 radical (unpaired) electrons. The van der Waals surface area contributed by atoms with Crippen LogP contribution in [-0.2, 0) is 36.5 Å². The highest BCUT2D eigenvalue weighted by atomic mass is 35.5. The van der Waals surface area contributed by atoms with Gasteiger partial charge in [0.15, 0.2) is 0 Å². The molecule has 2 N–H and O–H groups in total. The maximum Gasteiger partial charge on any atom is 0.243 e. The lowest BCUT2D eigenvalue weighted by Gasteiger charge is -2.39. The molecule has 1 saturated heterocycles. The largest absolute Gasteiger partial charge is 0.598 e. The van der Waals surface area contributed by atoms with Gasteiger partial charge in [-0.3, -0.25) is 9.78 Å². The minimum absolute atomic E-state index is 0.0192. The van der Waals surface area contributed by atoms with Crippen LogP contribution in [0.5, 0.6) is 0 Å². The molecular weight excluding hydrogens is 699 g/mol. The average molecular weight is 741 g/mol. The van der Waals surface area contributed by atoms with Gasteiger partial charge in [0.1, 0.15) is 22.1 Å². The van der Waals surface area contributed by atoms with Gasteiger partial charge in [-0.1, -0.05) is 42.6 Å². The predicted octanol–water partition coefficient (Wildman–Crippen LogP) is 6.93. The number of methoxy groups -OCH3 is 1. The van der Waals surface area contributed by atoms with Gasteiger partial charge in [0.25, 0.3) is 0 Å². The van der Waals surface area contributed by atoms with Gasteiger partial charge >= 0.3 is 0 Å². The summed E-state index contributed by atoms with van der Waals surface area (Å²) in [5, 5.41) is 4.69. The molecule has 1 aromatic heterocycles. The van der Waals surface area contributed by atoms with Gasteiger partial charge in [-0.15, -0.1) is 4.72 Å². The van der Waals surface area contributed by atoms with Crippen molar-refractivity contribution in [1.29, 1.82) is 0 Å². The Morgan fingerprint density at radius 2 is 1.74 bits per heavy atom. The third kappa shape index (κ3) is 7.72. The molecule has 6 rings (SSSR count). The van der Waals surface area contributed by atoms with Crippen molar-refractivity contribution in [1.82, 2.24) is 14.0 Å². The van der Waals surface area contributed by atoms with Gasteiger partial charge in [-0.05, 0) is 110 Å². The van der Waals surface area contributed by atoms with Crippen LogP contribution in [-0.4, -0.2) is 58.7 Å². The highest BCUT2D eigenvalue weighted by Gasteiger charge is 2.46. The predicted molar refractivity (Wildman–Crippen MR) is 195 cm³/mol. The maximum absolute atomic E-state index is 15.6. The van der Waals surface area contributed by atoms with E-state index in [0.29, 0.717) is 28.3 Å². The second-order valence-electron chi connectivity index (χ2n) is 14.1. The van der Waals surface area contributed by atoms with Crippen molar-refractivity contribution in [2.45, 2.75) is 80.2 Å². The standard InChI is InChI=1S/C37H42ClFN4O5S2/c1-36(2,3)49(45)42-37(16-13-24-5-6-24,27-14-17-40-18-15-27)28-9-12-32(39)33(21-28)41-35(44)34-22-30(48-4)23-43(34)50(46,47)31-11-8-25-19-29(38)10-7-26(25)20-31/h7-12,14-15,17-21,24,30,34,42H,5-6,13,16,22-23H2,1-4H3,(H,41,44)/t30-,34-,37-,49?/m1/s1. The lowest BCUT2D eigenvalue weighted by atomic mass is 9.79. The molecule has 1 aliphatic heterocycles. The normalized spacial score (nSPS) is 20.5. The van der Waals surface area contributed by atoms with Crippen molar-refractivity contribution in [3.63, 3.8) is 0 Å². The number of hydrogen-bond donors (Lipinski definition) is 2. The fourth-order valence-corrected chi connectivity index (χ4v) is 9.24. The molecule has 9 nitrogen and oxygen atoms in total. The van der Waals surface area contributed by atoms with E-state index in [1.165, 1.54) is 19.2 Å². The van der Waals surface area contributed by atoms with E-state index in [1.54, 1.807) is 54.9 Å². The van der Waals surface area contributed by atoms with E-state index in [1.807, 2.05) is 32.9 Å². The summed E-state index contributed by atoms with van der Waals surface area (Å²) in [5.74, 6) is -0.825. The third-order valence-electron chi connectivity index (χ3n) is 9.57. The van der Waals surface area contributed by atoms with E-state index in [2.05, 4.69) is 15.0 Å². The Kier molecular flexibility index (Phi) is 10.6. The van der Waals surface area contributed by atoms with Crippen LogP contribution in [0.4, 0.5) is 10.1 Å². The number of amides is 1. The Labute approximate surface area is 301 Å². The van der Waals surface area contributed by atoms with Crippen LogP contribution in [0, 0.1) is 11.7 Å². The molecular formula is C37H42ClFN4O5S2. The summed E-state index contributed by atoms with van der Waals surface area (Å²) in [6, 6.07) is 16.9. The molecule has 266 valence electrons. The second kappa shape index (κ2) is 14.5. The van der Waals surface area contributed by atoms with E-state index in [0.717, 1.165) is 34.5 Å². The minimum atomic E-state index is -4.17. The number of carbonyl (C=O) groups excluding carboxylic acids is 1. The minimum Gasteiger partial charge on any atom is -0.598 e. The smallest absolute Gasteiger partial charge is 0.243 e. The number of aromatic nitrogens is 1. The van der Waals surface area contributed by atoms with Crippen LogP contribution in [0.25, 0.3) is 10.8 Å². The monoisotopic (exact) mass is 740 g/mol. The number of carbonyl (C=O) groups is 1. The number of halogens is 2. The van der Waals surface area contributed by atoms with Crippen LogP contribution < -0.4 is 10.0 Å². The summed E-state index contributed by atoms with van der Waals surface area (Å²) >= 11 is 4.60. The SMILES string of the molecule is CO[C@@H]1C[C@H](C(=O)Nc2cc([C@](CCC3CC3)(N[S+]([O-])C(C)(C)C)c3ccncc3)ccc2F)N(S(=O)(=O)c2ccc3cc(Cl)ccc3c2)C1. The van der Waals surface area contributed by atoms with Crippen molar-refractivity contribution in [3.05, 3.63) is 101 Å². The first-order valence-electron chi connectivity index (χ1n) is 16.7. The highest BCUT2D eigenvalue weighted by Crippen LogP contribution is 2.43. The number of rotatable bonds is 12. The molecule has 50 heavy (non-hydrogen) atoms. The Bertz CT molecular complexity index is 1980. The Morgan fingerprint density at radius 1 is 1.04 bits per heavy atom. The molecule has 2 fully saturated rings. The zero-order chi connectivity index (χ0) is 35.8. The zero-order valence-corrected chi connectivity index (χ0v) is 30.9. The van der Waals surface area contributed by atoms with E-state index >= 15 is 4.39 Å². The molecule has 1 amide bonds. The van der Waals surface area contributed by atoms with E-state index in [9.17, 15) is 17.8 Å². The highest BCUT2D eigenvalue weighted by molar-refractivity contribution is 7.90. The number of sulfonamides is 1. The first kappa shape index (κ1) is 36.7. The maximum atomic E-state index is 15.6. The number of nitrogens with zero attached hydrogens (tertiary/aromatic N) is 2. The number of anilines is 1. The molecule has 1 saturated carbocycles. The van der Waals surface area contributed by atoms with Gasteiger partial charge < -0.3 is 14.6 Å². The molecule has 1 unspecified atom stereocenters. The summed E-state index contributed by atoms with van der Waals surface area (Å²) in [6.07, 6.45) is 6.54. The molecule has 0 spiro atoms. The number of ether oxygens (including phenoxy) is 1. The fourth-order valence-electron chi connectivity index (χ4n) is 6.44. The fraction of sp³-hybridized carbons (Fsp3) is 0.405. The summed E-state index contributed by atoms with van der Waals surface area (Å²) < 4.78 is 66.9. The van der Waals surface area contributed by atoms with Crippen LogP contribution >= 0.6 is 11.6 Å². The van der Waals surface area contributed by atoms with Crippen molar-refractivity contribution in [2.75, 3.05) is 19.0 Å². The van der Waals surface area contributed by atoms with Crippen molar-refractivity contribution >= 4 is 55.4 Å². The number of nitrogens with one attached hydrogen (secondary N) is 2. The van der Waals surface area contributed by atoms with Crippen LogP contribution in [0.1, 0.15) is 64.0 Å². The van der Waals surface area contributed by atoms with Gasteiger partial charge in [0.2, 0.25) is 15.9 Å².